The van der Waals surface area contributed by atoms with Gasteiger partial charge in [-0.15, -0.1) is 0 Å². The molecule has 3 nitrogen and oxygen atoms in total. The normalized spacial score (nSPS) is 21.5. The average molecular weight is 272 g/mol. The standard InChI is InChI=1S/C17H24N2O/c20-17(19-12-14-3-2-8-18-11-14)10-13-6-7-15-4-1-5-16(15)9-13/h6-7,9,14,18H,1-5,8,10-12H2,(H,19,20). The number of hydrogen-bond donors (Lipinski definition) is 2. The van der Waals surface area contributed by atoms with Crippen molar-refractivity contribution in [1.82, 2.24) is 10.6 Å². The second-order valence-electron chi connectivity index (χ2n) is 6.15. The SMILES string of the molecule is O=C(Cc1ccc2c(c1)CCC2)NCC1CCCNC1. The second-order valence-corrected chi connectivity index (χ2v) is 6.15. The zero-order valence-electron chi connectivity index (χ0n) is 12.1. The van der Waals surface area contributed by atoms with Crippen molar-refractivity contribution in [3.05, 3.63) is 34.9 Å². The van der Waals surface area contributed by atoms with Crippen LogP contribution < -0.4 is 10.6 Å². The van der Waals surface area contributed by atoms with Gasteiger partial charge in [-0.25, -0.2) is 0 Å². The number of aryl methyl sites for hydroxylation is 2. The van der Waals surface area contributed by atoms with Crippen molar-refractivity contribution in [2.45, 2.75) is 38.5 Å². The van der Waals surface area contributed by atoms with E-state index in [0.717, 1.165) is 25.2 Å². The van der Waals surface area contributed by atoms with Gasteiger partial charge in [-0.1, -0.05) is 18.2 Å². The summed E-state index contributed by atoms with van der Waals surface area (Å²) < 4.78 is 0. The Labute approximate surface area is 121 Å². The van der Waals surface area contributed by atoms with Gasteiger partial charge < -0.3 is 10.6 Å². The van der Waals surface area contributed by atoms with Gasteiger partial charge in [-0.05, 0) is 67.8 Å². The summed E-state index contributed by atoms with van der Waals surface area (Å²) in [5, 5.41) is 6.47. The first-order valence-electron chi connectivity index (χ1n) is 7.89. The van der Waals surface area contributed by atoms with E-state index in [-0.39, 0.29) is 5.91 Å². The number of fused-ring (bicyclic) bond motifs is 1. The minimum Gasteiger partial charge on any atom is -0.355 e. The number of nitrogens with one attached hydrogen (secondary N) is 2. The Morgan fingerprint density at radius 1 is 1.25 bits per heavy atom. The van der Waals surface area contributed by atoms with Crippen LogP contribution in [0.25, 0.3) is 0 Å². The summed E-state index contributed by atoms with van der Waals surface area (Å²) in [4.78, 5) is 12.0. The third-order valence-corrected chi connectivity index (χ3v) is 4.51. The molecule has 0 aromatic heterocycles. The molecule has 108 valence electrons. The van der Waals surface area contributed by atoms with Gasteiger partial charge in [0.2, 0.25) is 5.91 Å². The summed E-state index contributed by atoms with van der Waals surface area (Å²) in [5.74, 6) is 0.765. The van der Waals surface area contributed by atoms with E-state index < -0.39 is 0 Å². The molecule has 2 N–H and O–H groups in total. The summed E-state index contributed by atoms with van der Waals surface area (Å²) in [7, 11) is 0. The number of carbonyl (C=O) groups is 1. The molecule has 2 aliphatic rings. The Bertz CT molecular complexity index is 478. The second kappa shape index (κ2) is 6.40. The van der Waals surface area contributed by atoms with Crippen LogP contribution in [0.2, 0.25) is 0 Å². The maximum atomic E-state index is 12.0. The van der Waals surface area contributed by atoms with Gasteiger partial charge in [-0.3, -0.25) is 4.79 Å². The van der Waals surface area contributed by atoms with E-state index in [9.17, 15) is 4.79 Å². The largest absolute Gasteiger partial charge is 0.355 e. The lowest BCUT2D eigenvalue weighted by Gasteiger charge is -2.22. The summed E-state index contributed by atoms with van der Waals surface area (Å²) in [6.07, 6.45) is 6.62. The van der Waals surface area contributed by atoms with E-state index in [1.165, 1.54) is 43.2 Å². The minimum absolute atomic E-state index is 0.161. The molecule has 1 amide bonds. The van der Waals surface area contributed by atoms with Crippen LogP contribution in [0.15, 0.2) is 18.2 Å². The van der Waals surface area contributed by atoms with Crippen molar-refractivity contribution in [1.29, 1.82) is 0 Å². The quantitative estimate of drug-likeness (QED) is 0.878. The molecule has 0 bridgehead atoms. The highest BCUT2D eigenvalue weighted by atomic mass is 16.1. The van der Waals surface area contributed by atoms with Gasteiger partial charge in [0.25, 0.3) is 0 Å². The van der Waals surface area contributed by atoms with Crippen LogP contribution in [0.4, 0.5) is 0 Å². The first-order chi connectivity index (χ1) is 9.81. The van der Waals surface area contributed by atoms with Crippen molar-refractivity contribution >= 4 is 5.91 Å². The number of amides is 1. The molecule has 0 saturated carbocycles. The zero-order valence-corrected chi connectivity index (χ0v) is 12.1. The summed E-state index contributed by atoms with van der Waals surface area (Å²) >= 11 is 0. The molecular formula is C17H24N2O. The molecule has 1 aromatic carbocycles. The lowest BCUT2D eigenvalue weighted by Crippen LogP contribution is -2.38. The van der Waals surface area contributed by atoms with Crippen molar-refractivity contribution < 1.29 is 4.79 Å². The molecule has 1 aliphatic heterocycles. The van der Waals surface area contributed by atoms with Crippen LogP contribution >= 0.6 is 0 Å². The Hall–Kier alpha value is -1.35. The third kappa shape index (κ3) is 3.40. The van der Waals surface area contributed by atoms with Gasteiger partial charge >= 0.3 is 0 Å². The van der Waals surface area contributed by atoms with Crippen LogP contribution in [-0.4, -0.2) is 25.5 Å². The van der Waals surface area contributed by atoms with E-state index in [1.807, 2.05) is 0 Å². The molecule has 1 saturated heterocycles. The molecule has 3 rings (SSSR count). The number of piperidine rings is 1. The number of rotatable bonds is 4. The van der Waals surface area contributed by atoms with Crippen LogP contribution in [0, 0.1) is 5.92 Å². The minimum atomic E-state index is 0.161. The molecule has 1 atom stereocenters. The summed E-state index contributed by atoms with van der Waals surface area (Å²) in [6.45, 7) is 2.98. The molecule has 1 fully saturated rings. The van der Waals surface area contributed by atoms with Crippen LogP contribution in [0.5, 0.6) is 0 Å². The summed E-state index contributed by atoms with van der Waals surface area (Å²) in [6, 6.07) is 6.55. The molecule has 20 heavy (non-hydrogen) atoms. The monoisotopic (exact) mass is 272 g/mol. The molecular weight excluding hydrogens is 248 g/mol. The Kier molecular flexibility index (Phi) is 4.36. The fourth-order valence-corrected chi connectivity index (χ4v) is 3.34. The zero-order chi connectivity index (χ0) is 13.8. The third-order valence-electron chi connectivity index (χ3n) is 4.51. The van der Waals surface area contributed by atoms with Crippen molar-refractivity contribution in [3.8, 4) is 0 Å². The molecule has 0 spiro atoms. The highest BCUT2D eigenvalue weighted by Crippen LogP contribution is 2.22. The van der Waals surface area contributed by atoms with Crippen molar-refractivity contribution in [3.63, 3.8) is 0 Å². The Balaban J connectivity index is 1.48. The lowest BCUT2D eigenvalue weighted by atomic mass is 9.99. The lowest BCUT2D eigenvalue weighted by molar-refractivity contribution is -0.120. The summed E-state index contributed by atoms with van der Waals surface area (Å²) in [5.41, 5.74) is 4.08. The fraction of sp³-hybridized carbons (Fsp3) is 0.588. The predicted octanol–water partition coefficient (Wildman–Crippen LogP) is 1.83. The highest BCUT2D eigenvalue weighted by molar-refractivity contribution is 5.78. The van der Waals surface area contributed by atoms with E-state index in [1.54, 1.807) is 0 Å². The molecule has 0 radical (unpaired) electrons. The maximum Gasteiger partial charge on any atom is 0.224 e. The number of carbonyl (C=O) groups excluding carboxylic acids is 1. The van der Waals surface area contributed by atoms with Crippen molar-refractivity contribution in [2.75, 3.05) is 19.6 Å². The van der Waals surface area contributed by atoms with E-state index >= 15 is 0 Å². The first kappa shape index (κ1) is 13.6. The van der Waals surface area contributed by atoms with Crippen LogP contribution in [0.1, 0.15) is 36.0 Å². The topological polar surface area (TPSA) is 41.1 Å². The highest BCUT2D eigenvalue weighted by Gasteiger charge is 2.15. The Morgan fingerprint density at radius 2 is 2.15 bits per heavy atom. The van der Waals surface area contributed by atoms with Crippen LogP contribution in [-0.2, 0) is 24.1 Å². The van der Waals surface area contributed by atoms with Gasteiger partial charge in [-0.2, -0.15) is 0 Å². The first-order valence-corrected chi connectivity index (χ1v) is 7.89. The van der Waals surface area contributed by atoms with Crippen LogP contribution in [0.3, 0.4) is 0 Å². The fourth-order valence-electron chi connectivity index (χ4n) is 3.34. The van der Waals surface area contributed by atoms with Gasteiger partial charge in [0, 0.05) is 6.54 Å². The molecule has 1 aromatic rings. The predicted molar refractivity (Wildman–Crippen MR) is 80.8 cm³/mol. The van der Waals surface area contributed by atoms with Crippen molar-refractivity contribution in [2.24, 2.45) is 5.92 Å². The molecule has 1 unspecified atom stereocenters. The van der Waals surface area contributed by atoms with E-state index in [0.29, 0.717) is 12.3 Å². The molecule has 1 aliphatic carbocycles. The molecule has 1 heterocycles. The molecule has 3 heteroatoms. The Morgan fingerprint density at radius 3 is 3.00 bits per heavy atom. The van der Waals surface area contributed by atoms with Gasteiger partial charge in [0.1, 0.15) is 0 Å². The van der Waals surface area contributed by atoms with Gasteiger partial charge in [0.15, 0.2) is 0 Å². The number of benzene rings is 1. The average Bonchev–Trinajstić information content (AvgIpc) is 2.94. The van der Waals surface area contributed by atoms with E-state index in [2.05, 4.69) is 28.8 Å². The maximum absolute atomic E-state index is 12.0. The number of hydrogen-bond acceptors (Lipinski definition) is 2. The smallest absolute Gasteiger partial charge is 0.224 e. The van der Waals surface area contributed by atoms with Gasteiger partial charge in [0.05, 0.1) is 6.42 Å². The van der Waals surface area contributed by atoms with E-state index in [4.69, 9.17) is 0 Å².